The van der Waals surface area contributed by atoms with Crippen LogP contribution in [0.5, 0.6) is 0 Å². The minimum absolute atomic E-state index is 0.160. The highest BCUT2D eigenvalue weighted by atomic mass is 127. The van der Waals surface area contributed by atoms with E-state index >= 15 is 0 Å². The smallest absolute Gasteiger partial charge is 0.340 e. The maximum atomic E-state index is 13.9. The number of rotatable bonds is 6. The lowest BCUT2D eigenvalue weighted by molar-refractivity contribution is -0.0737. The molecular weight excluding hydrogens is 899 g/mol. The van der Waals surface area contributed by atoms with Crippen LogP contribution >= 0.6 is 67.8 Å². The highest BCUT2D eigenvalue weighted by molar-refractivity contribution is 14.1. The molecule has 1 aromatic carbocycles. The summed E-state index contributed by atoms with van der Waals surface area (Å²) in [6.07, 6.45) is 2.90. The molecule has 2 fully saturated rings. The minimum Gasteiger partial charge on any atom is -0.459 e. The number of benzene rings is 1. The third-order valence-corrected chi connectivity index (χ3v) is 12.9. The van der Waals surface area contributed by atoms with E-state index in [0.29, 0.717) is 36.4 Å². The van der Waals surface area contributed by atoms with Crippen molar-refractivity contribution < 1.29 is 27.5 Å². The third-order valence-electron chi connectivity index (χ3n) is 9.10. The zero-order valence-electron chi connectivity index (χ0n) is 26.4. The molecule has 0 atom stereocenters. The van der Waals surface area contributed by atoms with Crippen LogP contribution in [0.4, 0.5) is 5.69 Å². The van der Waals surface area contributed by atoms with Crippen LogP contribution in [-0.4, -0.2) is 84.9 Å². The molecule has 0 amide bonds. The molecule has 0 saturated carbocycles. The second-order valence-electron chi connectivity index (χ2n) is 14.2. The number of nitrogens with one attached hydrogen (secondary N) is 1. The van der Waals surface area contributed by atoms with E-state index in [-0.39, 0.29) is 51.2 Å². The van der Waals surface area contributed by atoms with E-state index in [2.05, 4.69) is 84.0 Å². The number of hydrogen-bond acceptors (Lipinski definition) is 8. The summed E-state index contributed by atoms with van der Waals surface area (Å²) < 4.78 is 40.7. The van der Waals surface area contributed by atoms with E-state index in [9.17, 15) is 18.0 Å². The lowest BCUT2D eigenvalue weighted by Gasteiger charge is -2.53. The van der Waals surface area contributed by atoms with Crippen LogP contribution in [0.1, 0.15) is 102 Å². The summed E-state index contributed by atoms with van der Waals surface area (Å²) in [5, 5.41) is 0. The highest BCUT2D eigenvalue weighted by Crippen LogP contribution is 2.42. The molecule has 2 saturated heterocycles. The van der Waals surface area contributed by atoms with Crippen molar-refractivity contribution in [3.63, 3.8) is 0 Å². The number of carbonyl (C=O) groups excluding carboxylic acids is 2. The zero-order valence-corrected chi connectivity index (χ0v) is 33.7. The molecule has 2 aliphatic heterocycles. The van der Waals surface area contributed by atoms with Crippen molar-refractivity contribution in [2.75, 3.05) is 25.1 Å². The number of piperidine rings is 2. The molecule has 9 nitrogen and oxygen atoms in total. The second kappa shape index (κ2) is 12.3. The van der Waals surface area contributed by atoms with Gasteiger partial charge in [-0.05, 0) is 137 Å². The molecular formula is C29H44I3N3O6S. The molecule has 2 heterocycles. The van der Waals surface area contributed by atoms with E-state index < -0.39 is 22.0 Å². The first-order valence-corrected chi connectivity index (χ1v) is 19.0. The fraction of sp³-hybridized carbons (Fsp3) is 0.724. The Bertz CT molecular complexity index is 1260. The molecule has 0 radical (unpaired) electrons. The van der Waals surface area contributed by atoms with Gasteiger partial charge in [-0.1, -0.05) is 0 Å². The molecule has 0 bridgehead atoms. The van der Waals surface area contributed by atoms with Crippen molar-refractivity contribution >= 4 is 95.4 Å². The summed E-state index contributed by atoms with van der Waals surface area (Å²) in [4.78, 5) is 32.4. The van der Waals surface area contributed by atoms with Crippen molar-refractivity contribution in [3.8, 4) is 0 Å². The van der Waals surface area contributed by atoms with Crippen molar-refractivity contribution in [1.82, 2.24) is 9.80 Å². The van der Waals surface area contributed by atoms with Gasteiger partial charge in [0.2, 0.25) is 10.0 Å². The van der Waals surface area contributed by atoms with E-state index in [1.54, 1.807) is 0 Å². The summed E-state index contributed by atoms with van der Waals surface area (Å²) in [7, 11) is 0.434. The van der Waals surface area contributed by atoms with Crippen LogP contribution in [0.25, 0.3) is 0 Å². The molecule has 0 aromatic heterocycles. The largest absolute Gasteiger partial charge is 0.459 e. The van der Waals surface area contributed by atoms with E-state index in [4.69, 9.17) is 9.47 Å². The molecule has 238 valence electrons. The van der Waals surface area contributed by atoms with Crippen LogP contribution in [-0.2, 0) is 19.5 Å². The average Bonchev–Trinajstić information content (AvgIpc) is 2.77. The maximum absolute atomic E-state index is 13.9. The van der Waals surface area contributed by atoms with Crippen LogP contribution in [0.2, 0.25) is 0 Å². The van der Waals surface area contributed by atoms with Crippen LogP contribution in [0.15, 0.2) is 0 Å². The highest BCUT2D eigenvalue weighted by Gasteiger charge is 2.46. The lowest BCUT2D eigenvalue weighted by atomic mass is 9.78. The number of ether oxygens (including phenoxy) is 2. The summed E-state index contributed by atoms with van der Waals surface area (Å²) in [6.45, 7) is 17.0. The first-order valence-electron chi connectivity index (χ1n) is 13.9. The molecule has 1 N–H and O–H groups in total. The van der Waals surface area contributed by atoms with E-state index in [0.717, 1.165) is 6.26 Å². The summed E-state index contributed by atoms with van der Waals surface area (Å²) in [5.74, 6) is -1.18. The van der Waals surface area contributed by atoms with Gasteiger partial charge in [0, 0.05) is 51.4 Å². The Labute approximate surface area is 292 Å². The number of esters is 2. The second-order valence-corrected chi connectivity index (χ2v) is 19.2. The van der Waals surface area contributed by atoms with Crippen LogP contribution in [0.3, 0.4) is 0 Å². The molecule has 0 aliphatic carbocycles. The number of halogens is 3. The predicted molar refractivity (Wildman–Crippen MR) is 192 cm³/mol. The van der Waals surface area contributed by atoms with Crippen molar-refractivity contribution in [3.05, 3.63) is 21.8 Å². The number of likely N-dealkylation sites (tertiary alicyclic amines) is 2. The number of hydrogen-bond donors (Lipinski definition) is 1. The van der Waals surface area contributed by atoms with Gasteiger partial charge >= 0.3 is 11.9 Å². The Balaban J connectivity index is 2.06. The van der Waals surface area contributed by atoms with Crippen molar-refractivity contribution in [2.24, 2.45) is 0 Å². The fourth-order valence-electron chi connectivity index (χ4n) is 6.44. The van der Waals surface area contributed by atoms with Gasteiger partial charge in [0.1, 0.15) is 12.2 Å². The Morgan fingerprint density at radius 2 is 0.976 bits per heavy atom. The maximum Gasteiger partial charge on any atom is 0.340 e. The third kappa shape index (κ3) is 7.69. The predicted octanol–water partition coefficient (Wildman–Crippen LogP) is 6.49. The van der Waals surface area contributed by atoms with E-state index in [1.807, 2.05) is 67.8 Å². The topological polar surface area (TPSA) is 105 Å². The number of carbonyl (C=O) groups is 2. The van der Waals surface area contributed by atoms with Gasteiger partial charge in [0.15, 0.2) is 0 Å². The molecule has 3 rings (SSSR count). The van der Waals surface area contributed by atoms with Crippen molar-refractivity contribution in [2.45, 2.75) is 115 Å². The molecule has 42 heavy (non-hydrogen) atoms. The Morgan fingerprint density at radius 3 is 1.24 bits per heavy atom. The fourth-order valence-corrected chi connectivity index (χ4v) is 11.7. The van der Waals surface area contributed by atoms with Gasteiger partial charge in [0.25, 0.3) is 0 Å². The number of anilines is 1. The zero-order chi connectivity index (χ0) is 32.4. The first-order chi connectivity index (χ1) is 18.8. The van der Waals surface area contributed by atoms with Crippen molar-refractivity contribution in [1.29, 1.82) is 0 Å². The SMILES string of the molecule is CN1C(C)(C)CC(OC(=O)c2c(I)c(NS(C)(=O)=O)c(I)c(C(=O)OC3CC(C)(C)N(C)C(C)(C)C3)c2I)CC1(C)C. The van der Waals surface area contributed by atoms with Gasteiger partial charge in [-0.25, -0.2) is 18.0 Å². The van der Waals surface area contributed by atoms with Gasteiger partial charge < -0.3 is 9.47 Å². The Morgan fingerprint density at radius 1 is 0.690 bits per heavy atom. The van der Waals surface area contributed by atoms with E-state index in [1.165, 1.54) is 0 Å². The summed E-state index contributed by atoms with van der Waals surface area (Å²) in [6, 6.07) is 0. The van der Waals surface area contributed by atoms with Gasteiger partial charge in [-0.2, -0.15) is 0 Å². The lowest BCUT2D eigenvalue weighted by Crippen LogP contribution is -2.60. The quantitative estimate of drug-likeness (QED) is 0.255. The van der Waals surface area contributed by atoms with Gasteiger partial charge in [-0.15, -0.1) is 0 Å². The Hall–Kier alpha value is 0.0200. The van der Waals surface area contributed by atoms with Crippen LogP contribution < -0.4 is 4.72 Å². The average molecular weight is 943 g/mol. The molecule has 2 aliphatic rings. The van der Waals surface area contributed by atoms with Crippen LogP contribution in [0, 0.1) is 10.7 Å². The summed E-state index contributed by atoms with van der Waals surface area (Å²) in [5.41, 5.74) is -0.314. The Kier molecular flexibility index (Phi) is 10.7. The number of nitrogens with zero attached hydrogens (tertiary/aromatic N) is 2. The standard InChI is InChI=1S/C29H44I3N3O6S/c1-26(2)12-16(13-27(3,4)34(26)9)40-24(36)18-20(30)19(22(32)23(21(18)31)33-42(11,38)39)25(37)41-17-14-28(5,6)35(10)29(7,8)15-17/h16-17,33H,12-15H2,1-11H3. The molecule has 13 heteroatoms. The number of sulfonamides is 1. The minimum atomic E-state index is -3.73. The summed E-state index contributed by atoms with van der Waals surface area (Å²) >= 11 is 5.92. The monoisotopic (exact) mass is 943 g/mol. The normalized spacial score (nSPS) is 22.9. The molecule has 0 unspecified atom stereocenters. The van der Waals surface area contributed by atoms with Gasteiger partial charge in [0.05, 0.1) is 30.2 Å². The molecule has 0 spiro atoms. The first kappa shape index (κ1) is 36.5. The molecule has 1 aromatic rings. The van der Waals surface area contributed by atoms with Gasteiger partial charge in [-0.3, -0.25) is 14.5 Å².